The number of rotatable bonds is 2. The van der Waals surface area contributed by atoms with Gasteiger partial charge >= 0.3 is 5.97 Å². The Morgan fingerprint density at radius 3 is 2.50 bits per heavy atom. The minimum absolute atomic E-state index is 0.201. The number of hydroxylamine groups is 2. The van der Waals surface area contributed by atoms with Crippen LogP contribution in [0, 0.1) is 0 Å². The molecule has 4 rings (SSSR count). The van der Waals surface area contributed by atoms with Crippen molar-refractivity contribution in [2.45, 2.75) is 0 Å². The standard InChI is InChI=1S/C14H7N3O4S/c18-11-8-3-1-2-4-9(8)12(19)17(11)21-14(20)10-7-15-16-5-6-22-13(10)16/h1-7H. The van der Waals surface area contributed by atoms with E-state index in [9.17, 15) is 14.4 Å². The van der Waals surface area contributed by atoms with E-state index in [-0.39, 0.29) is 16.7 Å². The molecule has 0 bridgehead atoms. The average molecular weight is 313 g/mol. The van der Waals surface area contributed by atoms with Crippen LogP contribution < -0.4 is 0 Å². The van der Waals surface area contributed by atoms with Crippen LogP contribution in [0.3, 0.4) is 0 Å². The normalized spacial score (nSPS) is 13.7. The molecule has 2 amide bonds. The maximum Gasteiger partial charge on any atom is 0.368 e. The molecule has 7 nitrogen and oxygen atoms in total. The van der Waals surface area contributed by atoms with E-state index >= 15 is 0 Å². The van der Waals surface area contributed by atoms with Crippen LogP contribution in [0.2, 0.25) is 0 Å². The molecule has 1 aromatic carbocycles. The molecule has 0 saturated carbocycles. The van der Waals surface area contributed by atoms with Crippen molar-refractivity contribution < 1.29 is 19.2 Å². The van der Waals surface area contributed by atoms with Gasteiger partial charge in [0.15, 0.2) is 0 Å². The second-order valence-corrected chi connectivity index (χ2v) is 5.43. The van der Waals surface area contributed by atoms with E-state index in [1.807, 2.05) is 0 Å². The zero-order valence-corrected chi connectivity index (χ0v) is 11.7. The van der Waals surface area contributed by atoms with Gasteiger partial charge in [0.2, 0.25) is 0 Å². The van der Waals surface area contributed by atoms with Crippen LogP contribution in [0.4, 0.5) is 0 Å². The van der Waals surface area contributed by atoms with Gasteiger partial charge in [-0.2, -0.15) is 5.10 Å². The average Bonchev–Trinajstić information content (AvgIpc) is 3.18. The number of hydrogen-bond donors (Lipinski definition) is 0. The molecule has 0 radical (unpaired) electrons. The maximum atomic E-state index is 12.2. The van der Waals surface area contributed by atoms with Crippen molar-refractivity contribution in [3.63, 3.8) is 0 Å². The number of hydrogen-bond acceptors (Lipinski definition) is 6. The van der Waals surface area contributed by atoms with Crippen LogP contribution in [0.15, 0.2) is 42.0 Å². The van der Waals surface area contributed by atoms with Crippen molar-refractivity contribution >= 4 is 34.0 Å². The molecule has 8 heteroatoms. The van der Waals surface area contributed by atoms with Crippen LogP contribution in [-0.4, -0.2) is 32.5 Å². The highest BCUT2D eigenvalue weighted by Crippen LogP contribution is 2.24. The first-order chi connectivity index (χ1) is 10.7. The molecule has 1 aliphatic rings. The van der Waals surface area contributed by atoms with E-state index in [1.54, 1.807) is 23.7 Å². The number of thiazole rings is 1. The molecule has 0 N–H and O–H groups in total. The minimum Gasteiger partial charge on any atom is -0.324 e. The van der Waals surface area contributed by atoms with Crippen LogP contribution in [0.1, 0.15) is 31.1 Å². The predicted molar refractivity (Wildman–Crippen MR) is 75.4 cm³/mol. The van der Waals surface area contributed by atoms with E-state index in [0.29, 0.717) is 9.89 Å². The third-order valence-electron chi connectivity index (χ3n) is 3.28. The third-order valence-corrected chi connectivity index (χ3v) is 4.17. The van der Waals surface area contributed by atoms with Crippen molar-refractivity contribution in [3.05, 3.63) is 58.7 Å². The highest BCUT2D eigenvalue weighted by molar-refractivity contribution is 7.15. The van der Waals surface area contributed by atoms with Crippen molar-refractivity contribution in [2.75, 3.05) is 0 Å². The molecule has 0 aliphatic carbocycles. The molecular weight excluding hydrogens is 306 g/mol. The Hall–Kier alpha value is -3.00. The quantitative estimate of drug-likeness (QED) is 0.673. The molecule has 3 heterocycles. The summed E-state index contributed by atoms with van der Waals surface area (Å²) in [7, 11) is 0. The molecule has 0 saturated heterocycles. The van der Waals surface area contributed by atoms with Gasteiger partial charge in [-0.25, -0.2) is 9.31 Å². The first-order valence-corrected chi connectivity index (χ1v) is 7.16. The fourth-order valence-corrected chi connectivity index (χ4v) is 3.03. The second kappa shape index (κ2) is 4.50. The Balaban J connectivity index is 1.65. The molecule has 108 valence electrons. The van der Waals surface area contributed by atoms with Crippen molar-refractivity contribution in [1.29, 1.82) is 0 Å². The number of nitrogens with zero attached hydrogens (tertiary/aromatic N) is 3. The van der Waals surface area contributed by atoms with Gasteiger partial charge in [-0.3, -0.25) is 9.59 Å². The van der Waals surface area contributed by atoms with Gasteiger partial charge in [0.1, 0.15) is 10.4 Å². The topological polar surface area (TPSA) is 81.0 Å². The van der Waals surface area contributed by atoms with Crippen LogP contribution in [-0.2, 0) is 4.84 Å². The molecule has 2 aromatic heterocycles. The fraction of sp³-hybridized carbons (Fsp3) is 0. The highest BCUT2D eigenvalue weighted by atomic mass is 32.1. The van der Waals surface area contributed by atoms with E-state index in [2.05, 4.69) is 5.10 Å². The molecule has 0 unspecified atom stereocenters. The van der Waals surface area contributed by atoms with Crippen molar-refractivity contribution in [3.8, 4) is 0 Å². The number of benzene rings is 1. The summed E-state index contributed by atoms with van der Waals surface area (Å²) < 4.78 is 1.52. The molecule has 3 aromatic rings. The van der Waals surface area contributed by atoms with Gasteiger partial charge < -0.3 is 4.84 Å². The Morgan fingerprint density at radius 2 is 1.82 bits per heavy atom. The Bertz CT molecular complexity index is 907. The van der Waals surface area contributed by atoms with Crippen molar-refractivity contribution in [2.24, 2.45) is 0 Å². The van der Waals surface area contributed by atoms with Crippen LogP contribution in [0.5, 0.6) is 0 Å². The molecule has 1 aliphatic heterocycles. The first-order valence-electron chi connectivity index (χ1n) is 6.28. The summed E-state index contributed by atoms with van der Waals surface area (Å²) in [5, 5.41) is 6.24. The first kappa shape index (κ1) is 12.7. The monoisotopic (exact) mass is 313 g/mol. The minimum atomic E-state index is -0.799. The Kier molecular flexibility index (Phi) is 2.60. The van der Waals surface area contributed by atoms with E-state index in [0.717, 1.165) is 0 Å². The number of aromatic nitrogens is 2. The number of imide groups is 1. The second-order valence-electron chi connectivity index (χ2n) is 4.54. The fourth-order valence-electron chi connectivity index (χ4n) is 2.25. The largest absolute Gasteiger partial charge is 0.368 e. The Morgan fingerprint density at radius 1 is 1.14 bits per heavy atom. The lowest BCUT2D eigenvalue weighted by Crippen LogP contribution is -2.32. The molecule has 0 atom stereocenters. The summed E-state index contributed by atoms with van der Waals surface area (Å²) in [6, 6.07) is 6.31. The summed E-state index contributed by atoms with van der Waals surface area (Å²) in [5.74, 6) is -2.10. The lowest BCUT2D eigenvalue weighted by molar-refractivity contribution is -0.0583. The molecule has 0 spiro atoms. The number of amides is 2. The van der Waals surface area contributed by atoms with Crippen LogP contribution >= 0.6 is 11.3 Å². The summed E-state index contributed by atoms with van der Waals surface area (Å²) >= 11 is 1.31. The lowest BCUT2D eigenvalue weighted by Gasteiger charge is -2.11. The Labute approximate surface area is 127 Å². The van der Waals surface area contributed by atoms with Gasteiger partial charge in [-0.05, 0) is 12.1 Å². The van der Waals surface area contributed by atoms with Crippen LogP contribution in [0.25, 0.3) is 4.83 Å². The third kappa shape index (κ3) is 1.67. The molecule has 22 heavy (non-hydrogen) atoms. The zero-order chi connectivity index (χ0) is 15.3. The smallest absolute Gasteiger partial charge is 0.324 e. The summed E-state index contributed by atoms with van der Waals surface area (Å²) in [5.41, 5.74) is 0.639. The maximum absolute atomic E-state index is 12.2. The zero-order valence-electron chi connectivity index (χ0n) is 10.9. The van der Waals surface area contributed by atoms with Gasteiger partial charge in [0.25, 0.3) is 11.8 Å². The number of carbonyl (C=O) groups excluding carboxylic acids is 3. The van der Waals surface area contributed by atoms with E-state index in [1.165, 1.54) is 34.2 Å². The van der Waals surface area contributed by atoms with Crippen molar-refractivity contribution in [1.82, 2.24) is 14.7 Å². The number of fused-ring (bicyclic) bond motifs is 2. The lowest BCUT2D eigenvalue weighted by atomic mass is 10.1. The van der Waals surface area contributed by atoms with Gasteiger partial charge in [0, 0.05) is 11.6 Å². The summed E-state index contributed by atoms with van der Waals surface area (Å²) in [4.78, 5) is 42.0. The van der Waals surface area contributed by atoms with Gasteiger partial charge in [-0.15, -0.1) is 11.3 Å². The summed E-state index contributed by atoms with van der Waals surface area (Å²) in [6.07, 6.45) is 3.03. The highest BCUT2D eigenvalue weighted by Gasteiger charge is 2.39. The summed E-state index contributed by atoms with van der Waals surface area (Å²) in [6.45, 7) is 0. The predicted octanol–water partition coefficient (Wildman–Crippen LogP) is 1.76. The van der Waals surface area contributed by atoms with Gasteiger partial charge in [0.05, 0.1) is 17.3 Å². The SMILES string of the molecule is O=C(ON1C(=O)c2ccccc2C1=O)c1cnn2ccsc12. The van der Waals surface area contributed by atoms with E-state index < -0.39 is 17.8 Å². The molecule has 0 fully saturated rings. The number of carbonyl (C=O) groups is 3. The van der Waals surface area contributed by atoms with E-state index in [4.69, 9.17) is 4.84 Å². The molecular formula is C14H7N3O4S. The van der Waals surface area contributed by atoms with Gasteiger partial charge in [-0.1, -0.05) is 17.2 Å².